The minimum Gasteiger partial charge on any atom is -0.399 e. The van der Waals surface area contributed by atoms with E-state index in [1.54, 1.807) is 0 Å². The van der Waals surface area contributed by atoms with E-state index in [1.807, 2.05) is 0 Å². The summed E-state index contributed by atoms with van der Waals surface area (Å²) in [6.45, 7) is 14.9. The maximum Gasteiger partial charge on any atom is 0.498 e. The highest BCUT2D eigenvalue weighted by atomic mass is 16.7. The van der Waals surface area contributed by atoms with Crippen LogP contribution in [0, 0.1) is 0 Å². The smallest absolute Gasteiger partial charge is 0.399 e. The topological polar surface area (TPSA) is 18.5 Å². The largest absolute Gasteiger partial charge is 0.498 e. The van der Waals surface area contributed by atoms with Crippen LogP contribution in [0.1, 0.15) is 74.1 Å². The monoisotopic (exact) mass is 264 g/mol. The first-order valence-corrected chi connectivity index (χ1v) is 7.54. The van der Waals surface area contributed by atoms with E-state index in [4.69, 9.17) is 9.31 Å². The molecule has 2 nitrogen and oxygen atoms in total. The molecule has 0 aromatic carbocycles. The summed E-state index contributed by atoms with van der Waals surface area (Å²) < 4.78 is 12.3. The van der Waals surface area contributed by atoms with E-state index in [9.17, 15) is 0 Å². The van der Waals surface area contributed by atoms with Crippen LogP contribution >= 0.6 is 0 Å². The van der Waals surface area contributed by atoms with Gasteiger partial charge in [0.1, 0.15) is 0 Å². The van der Waals surface area contributed by atoms with Gasteiger partial charge in [0.25, 0.3) is 0 Å². The van der Waals surface area contributed by atoms with Crippen molar-refractivity contribution in [2.75, 3.05) is 0 Å². The summed E-state index contributed by atoms with van der Waals surface area (Å²) in [5, 5.41) is 0. The summed E-state index contributed by atoms with van der Waals surface area (Å²) in [4.78, 5) is 0. The lowest BCUT2D eigenvalue weighted by Crippen LogP contribution is -2.41. The predicted octanol–water partition coefficient (Wildman–Crippen LogP) is 4.69. The van der Waals surface area contributed by atoms with Crippen LogP contribution in [-0.4, -0.2) is 18.3 Å². The van der Waals surface area contributed by atoms with Gasteiger partial charge in [-0.15, -0.1) is 5.73 Å². The van der Waals surface area contributed by atoms with Gasteiger partial charge in [-0.25, -0.2) is 0 Å². The second-order valence-corrected chi connectivity index (χ2v) is 6.48. The van der Waals surface area contributed by atoms with E-state index in [-0.39, 0.29) is 18.3 Å². The Labute approximate surface area is 119 Å². The van der Waals surface area contributed by atoms with Crippen LogP contribution in [-0.2, 0) is 9.31 Å². The predicted molar refractivity (Wildman–Crippen MR) is 82.1 cm³/mol. The third kappa shape index (κ3) is 3.98. The van der Waals surface area contributed by atoms with Gasteiger partial charge in [0.05, 0.1) is 11.2 Å². The lowest BCUT2D eigenvalue weighted by molar-refractivity contribution is 0.00578. The second-order valence-electron chi connectivity index (χ2n) is 6.48. The van der Waals surface area contributed by atoms with Crippen molar-refractivity contribution in [3.63, 3.8) is 0 Å². The van der Waals surface area contributed by atoms with Crippen LogP contribution in [0.15, 0.2) is 16.8 Å². The van der Waals surface area contributed by atoms with Gasteiger partial charge in [0.15, 0.2) is 0 Å². The third-order valence-electron chi connectivity index (χ3n) is 4.24. The first-order chi connectivity index (χ1) is 8.73. The number of hydrogen-bond donors (Lipinski definition) is 0. The van der Waals surface area contributed by atoms with E-state index in [2.05, 4.69) is 54.2 Å². The number of hydrogen-bond acceptors (Lipinski definition) is 2. The third-order valence-corrected chi connectivity index (χ3v) is 4.24. The van der Waals surface area contributed by atoms with Crippen LogP contribution in [0.5, 0.6) is 0 Å². The molecule has 0 saturated carbocycles. The molecule has 1 heterocycles. The van der Waals surface area contributed by atoms with Crippen molar-refractivity contribution >= 4 is 7.12 Å². The molecule has 0 aliphatic carbocycles. The van der Waals surface area contributed by atoms with E-state index in [1.165, 1.54) is 17.5 Å². The molecule has 0 atom stereocenters. The molecule has 0 N–H and O–H groups in total. The molecule has 19 heavy (non-hydrogen) atoms. The fourth-order valence-corrected chi connectivity index (χ4v) is 1.95. The van der Waals surface area contributed by atoms with Gasteiger partial charge in [-0.3, -0.25) is 0 Å². The Morgan fingerprint density at radius 3 is 2.00 bits per heavy atom. The zero-order valence-electron chi connectivity index (χ0n) is 13.7. The van der Waals surface area contributed by atoms with Crippen molar-refractivity contribution in [3.05, 3.63) is 16.8 Å². The maximum absolute atomic E-state index is 6.13. The fraction of sp³-hybridized carbons (Fsp3) is 0.812. The summed E-state index contributed by atoms with van der Waals surface area (Å²) in [5.41, 5.74) is 5.40. The van der Waals surface area contributed by atoms with Crippen LogP contribution < -0.4 is 0 Å². The molecule has 3 heteroatoms. The first kappa shape index (κ1) is 16.6. The molecular formula is C16H29BO2. The van der Waals surface area contributed by atoms with Gasteiger partial charge < -0.3 is 9.31 Å². The molecule has 1 fully saturated rings. The maximum atomic E-state index is 6.13. The fourth-order valence-electron chi connectivity index (χ4n) is 1.95. The van der Waals surface area contributed by atoms with Crippen LogP contribution in [0.4, 0.5) is 0 Å². The lowest BCUT2D eigenvalue weighted by Gasteiger charge is -2.32. The summed E-state index contributed by atoms with van der Waals surface area (Å²) in [5.74, 6) is 0. The van der Waals surface area contributed by atoms with Gasteiger partial charge in [-0.2, -0.15) is 0 Å². The van der Waals surface area contributed by atoms with Crippen molar-refractivity contribution in [1.29, 1.82) is 0 Å². The molecule has 108 valence electrons. The molecule has 0 aromatic heterocycles. The van der Waals surface area contributed by atoms with Crippen molar-refractivity contribution in [3.8, 4) is 0 Å². The zero-order valence-corrected chi connectivity index (χ0v) is 13.7. The molecule has 1 rings (SSSR count). The highest BCUT2D eigenvalue weighted by Crippen LogP contribution is 2.39. The van der Waals surface area contributed by atoms with Crippen LogP contribution in [0.3, 0.4) is 0 Å². The van der Waals surface area contributed by atoms with E-state index in [0.717, 1.165) is 19.3 Å². The van der Waals surface area contributed by atoms with E-state index < -0.39 is 0 Å². The molecule has 0 spiro atoms. The summed E-state index contributed by atoms with van der Waals surface area (Å²) in [6, 6.07) is 0. The van der Waals surface area contributed by atoms with Gasteiger partial charge in [-0.05, 0) is 59.5 Å². The van der Waals surface area contributed by atoms with Crippen LogP contribution in [0.25, 0.3) is 0 Å². The Bertz CT molecular complexity index is 360. The molecular weight excluding hydrogens is 235 g/mol. The molecule has 0 bridgehead atoms. The van der Waals surface area contributed by atoms with Gasteiger partial charge in [0, 0.05) is 5.47 Å². The second kappa shape index (κ2) is 6.30. The molecule has 1 saturated heterocycles. The van der Waals surface area contributed by atoms with Crippen molar-refractivity contribution < 1.29 is 9.31 Å². The Morgan fingerprint density at radius 1 is 1.05 bits per heavy atom. The summed E-state index contributed by atoms with van der Waals surface area (Å²) >= 11 is 0. The number of rotatable bonds is 5. The standard InChI is InChI=1S/C16H29BO2/c1-8-10-11-14(12-13(3)9-2)17-18-15(4,5)16(6,7)19-17/h8-11H2,1-7H3. The summed E-state index contributed by atoms with van der Waals surface area (Å²) in [6.07, 6.45) is 4.36. The molecule has 1 aliphatic heterocycles. The molecule has 0 unspecified atom stereocenters. The minimum absolute atomic E-state index is 0.238. The average molecular weight is 264 g/mol. The van der Waals surface area contributed by atoms with E-state index in [0.29, 0.717) is 0 Å². The lowest BCUT2D eigenvalue weighted by atomic mass is 9.75. The summed E-state index contributed by atoms with van der Waals surface area (Å²) in [7, 11) is -0.238. The SMILES string of the molecule is CCCCC(=C=C(C)CC)B1OC(C)(C)C(C)(C)O1. The van der Waals surface area contributed by atoms with Crippen molar-refractivity contribution in [2.24, 2.45) is 0 Å². The van der Waals surface area contributed by atoms with Gasteiger partial charge >= 0.3 is 7.12 Å². The first-order valence-electron chi connectivity index (χ1n) is 7.54. The van der Waals surface area contributed by atoms with Crippen molar-refractivity contribution in [1.82, 2.24) is 0 Å². The minimum atomic E-state index is -0.267. The zero-order chi connectivity index (χ0) is 14.7. The average Bonchev–Trinajstić information content (AvgIpc) is 2.53. The highest BCUT2D eigenvalue weighted by molar-refractivity contribution is 6.54. The quantitative estimate of drug-likeness (QED) is 0.529. The number of allylic oxidation sites excluding steroid dienone is 1. The van der Waals surface area contributed by atoms with Gasteiger partial charge in [-0.1, -0.05) is 20.3 Å². The van der Waals surface area contributed by atoms with Gasteiger partial charge in [0.2, 0.25) is 0 Å². The Kier molecular flexibility index (Phi) is 5.49. The Balaban J connectivity index is 2.99. The Hall–Kier alpha value is -0.495. The molecule has 0 amide bonds. The van der Waals surface area contributed by atoms with E-state index >= 15 is 0 Å². The van der Waals surface area contributed by atoms with Crippen molar-refractivity contribution in [2.45, 2.75) is 85.4 Å². The molecule has 0 aromatic rings. The number of unbranched alkanes of at least 4 members (excludes halogenated alkanes) is 1. The highest BCUT2D eigenvalue weighted by Gasteiger charge is 2.52. The molecule has 1 aliphatic rings. The Morgan fingerprint density at radius 2 is 1.58 bits per heavy atom. The van der Waals surface area contributed by atoms with Crippen LogP contribution in [0.2, 0.25) is 0 Å². The molecule has 0 radical (unpaired) electrons. The normalized spacial score (nSPS) is 20.3.